The van der Waals surface area contributed by atoms with E-state index in [9.17, 15) is 64.4 Å². The van der Waals surface area contributed by atoms with Crippen molar-refractivity contribution in [3.63, 3.8) is 0 Å². The molecule has 0 fully saturated rings. The van der Waals surface area contributed by atoms with Crippen molar-refractivity contribution in [3.05, 3.63) is 173 Å². The molecule has 2 amide bonds. The van der Waals surface area contributed by atoms with E-state index in [2.05, 4.69) is 0 Å². The summed E-state index contributed by atoms with van der Waals surface area (Å²) in [4.78, 5) is 23.5. The van der Waals surface area contributed by atoms with Gasteiger partial charge in [0.2, 0.25) is 11.8 Å². The molecule has 0 aliphatic rings. The number of aromatic hydroxyl groups is 3. The maximum Gasteiger partial charge on any atom is 0.416 e. The number of aryl methyl sites for hydroxylation is 1. The molecule has 0 aliphatic heterocycles. The number of methoxy groups -OCH3 is 1. The van der Waals surface area contributed by atoms with Gasteiger partial charge >= 0.3 is 18.5 Å². The minimum absolute atomic E-state index is 0.00383. The standard InChI is InChI=1S/C22H18F3NO3.C14H9F3INO2.C14H7F3INO/c1-12-3-8-19(29-2)17(9-12)20-16(13-4-6-15(27)7-5-13)10-14(22(23,24)25)11-18(20)21(26)28;15-14(16,17)8-5-10(7-1-3-9(20)4-2-7)12(18)11(6-8)13(19)21;15-14(16,17)10-5-9(7-19)13(18)12(6-10)8-1-3-11(20)4-2-8/h3-11,27H,1-2H3,(H2,26,28);1-6,20H,(H2,19,21);1-6,20H. The molecule has 20 heteroatoms. The summed E-state index contributed by atoms with van der Waals surface area (Å²) < 4.78 is 124. The summed E-state index contributed by atoms with van der Waals surface area (Å²) in [5.74, 6) is -1.55. The third kappa shape index (κ3) is 13.0. The average molecular weight is 1200 g/mol. The topological polar surface area (TPSA) is 180 Å². The molecule has 0 bridgehead atoms. The van der Waals surface area contributed by atoms with E-state index in [1.807, 2.05) is 29.5 Å². The van der Waals surface area contributed by atoms with Gasteiger partial charge in [-0.3, -0.25) is 9.59 Å². The summed E-state index contributed by atoms with van der Waals surface area (Å²) in [6.07, 6.45) is -13.8. The van der Waals surface area contributed by atoms with Crippen LogP contribution < -0.4 is 16.2 Å². The first kappa shape index (κ1) is 53.9. The molecule has 7 N–H and O–H groups in total. The van der Waals surface area contributed by atoms with Gasteiger partial charge in [0.05, 0.1) is 34.9 Å². The second-order valence-electron chi connectivity index (χ2n) is 14.9. The highest BCUT2D eigenvalue weighted by molar-refractivity contribution is 14.1. The molecule has 0 atom stereocenters. The summed E-state index contributed by atoms with van der Waals surface area (Å²) in [7, 11) is 1.43. The lowest BCUT2D eigenvalue weighted by Crippen LogP contribution is -2.16. The summed E-state index contributed by atoms with van der Waals surface area (Å²) in [5, 5.41) is 37.0. The largest absolute Gasteiger partial charge is 0.508 e. The van der Waals surface area contributed by atoms with E-state index in [4.69, 9.17) is 21.5 Å². The predicted octanol–water partition coefficient (Wildman–Crippen LogP) is 13.5. The Bertz CT molecular complexity index is 3120. The van der Waals surface area contributed by atoms with Crippen LogP contribution in [0.15, 0.2) is 127 Å². The highest BCUT2D eigenvalue weighted by atomic mass is 127. The number of hydrogen-bond donors (Lipinski definition) is 5. The molecule has 7 aromatic rings. The number of halogens is 11. The first-order valence-corrected chi connectivity index (χ1v) is 21.9. The number of benzene rings is 7. The van der Waals surface area contributed by atoms with Gasteiger partial charge in [-0.25, -0.2) is 0 Å². The number of rotatable bonds is 7. The number of hydrogen-bond acceptors (Lipinski definition) is 7. The predicted molar refractivity (Wildman–Crippen MR) is 260 cm³/mol. The van der Waals surface area contributed by atoms with Crippen molar-refractivity contribution < 1.29 is 69.2 Å². The van der Waals surface area contributed by atoms with Crippen molar-refractivity contribution in [2.75, 3.05) is 7.11 Å². The van der Waals surface area contributed by atoms with Crippen molar-refractivity contribution in [1.29, 1.82) is 5.26 Å². The highest BCUT2D eigenvalue weighted by Crippen LogP contribution is 2.44. The fourth-order valence-electron chi connectivity index (χ4n) is 6.72. The zero-order valence-electron chi connectivity index (χ0n) is 36.0. The van der Waals surface area contributed by atoms with E-state index in [0.717, 1.165) is 42.0 Å². The number of nitrogens with two attached hydrogens (primary N) is 2. The summed E-state index contributed by atoms with van der Waals surface area (Å²) in [6, 6.07) is 29.3. The Labute approximate surface area is 420 Å². The van der Waals surface area contributed by atoms with Crippen LogP contribution >= 0.6 is 45.2 Å². The van der Waals surface area contributed by atoms with Gasteiger partial charge in [-0.15, -0.1) is 0 Å². The Kier molecular flexibility index (Phi) is 16.8. The number of amides is 2. The molecule has 0 radical (unpaired) electrons. The molecule has 0 unspecified atom stereocenters. The molecule has 0 saturated heterocycles. The summed E-state index contributed by atoms with van der Waals surface area (Å²) >= 11 is 3.63. The molecule has 0 aromatic heterocycles. The zero-order chi connectivity index (χ0) is 52.0. The minimum Gasteiger partial charge on any atom is -0.508 e. The number of carbonyl (C=O) groups excluding carboxylic acids is 2. The van der Waals surface area contributed by atoms with E-state index in [1.54, 1.807) is 46.9 Å². The Morgan fingerprint density at radius 2 is 0.900 bits per heavy atom. The van der Waals surface area contributed by atoms with Crippen LogP contribution in [-0.4, -0.2) is 34.2 Å². The Morgan fingerprint density at radius 1 is 0.529 bits per heavy atom. The van der Waals surface area contributed by atoms with Crippen LogP contribution in [0.3, 0.4) is 0 Å². The molecule has 0 saturated carbocycles. The van der Waals surface area contributed by atoms with E-state index in [-0.39, 0.29) is 50.6 Å². The fraction of sp³-hybridized carbons (Fsp3) is 0.100. The second kappa shape index (κ2) is 21.7. The van der Waals surface area contributed by atoms with Gasteiger partial charge in [0, 0.05) is 23.8 Å². The second-order valence-corrected chi connectivity index (χ2v) is 17.1. The van der Waals surface area contributed by atoms with Gasteiger partial charge in [0.15, 0.2) is 0 Å². The number of ether oxygens (including phenoxy) is 1. The average Bonchev–Trinajstić information content (AvgIpc) is 3.29. The molecule has 0 spiro atoms. The molecule has 7 rings (SSSR count). The maximum atomic E-state index is 13.5. The van der Waals surface area contributed by atoms with Crippen LogP contribution in [-0.2, 0) is 18.5 Å². The Morgan fingerprint density at radius 3 is 1.29 bits per heavy atom. The zero-order valence-corrected chi connectivity index (χ0v) is 40.3. The maximum absolute atomic E-state index is 13.5. The minimum atomic E-state index is -4.68. The quantitative estimate of drug-likeness (QED) is 0.0778. The molecule has 0 heterocycles. The van der Waals surface area contributed by atoms with Crippen LogP contribution in [0.5, 0.6) is 23.0 Å². The molecule has 7 aromatic carbocycles. The van der Waals surface area contributed by atoms with Gasteiger partial charge < -0.3 is 31.5 Å². The molecular formula is C50H34F9I2N3O6. The monoisotopic (exact) mass is 1200 g/mol. The van der Waals surface area contributed by atoms with Crippen molar-refractivity contribution in [2.24, 2.45) is 11.5 Å². The van der Waals surface area contributed by atoms with Crippen molar-refractivity contribution in [1.82, 2.24) is 0 Å². The first-order chi connectivity index (χ1) is 32.6. The fourth-order valence-corrected chi connectivity index (χ4v) is 8.35. The van der Waals surface area contributed by atoms with Crippen LogP contribution in [0, 0.1) is 25.4 Å². The third-order valence-corrected chi connectivity index (χ3v) is 12.4. The highest BCUT2D eigenvalue weighted by Gasteiger charge is 2.35. The Hall–Kier alpha value is -7.00. The number of primary amides is 2. The van der Waals surface area contributed by atoms with E-state index in [0.29, 0.717) is 40.7 Å². The van der Waals surface area contributed by atoms with E-state index < -0.39 is 47.0 Å². The number of phenolic OH excluding ortho intramolecular Hbond substituents is 3. The lowest BCUT2D eigenvalue weighted by molar-refractivity contribution is -0.138. The van der Waals surface area contributed by atoms with Crippen LogP contribution in [0.2, 0.25) is 0 Å². The van der Waals surface area contributed by atoms with Gasteiger partial charge in [-0.1, -0.05) is 48.0 Å². The third-order valence-electron chi connectivity index (χ3n) is 10.1. The SMILES string of the molecule is COc1ccc(C)cc1-c1c(C(N)=O)cc(C(F)(F)F)cc1-c1ccc(O)cc1.N#Cc1cc(C(F)(F)F)cc(-c2ccc(O)cc2)c1I.NC(=O)c1cc(C(F)(F)F)cc(-c2ccc(O)cc2)c1I. The lowest BCUT2D eigenvalue weighted by atomic mass is 9.87. The summed E-state index contributed by atoms with van der Waals surface area (Å²) in [5.41, 5.74) is 10.9. The van der Waals surface area contributed by atoms with Crippen molar-refractivity contribution in [3.8, 4) is 73.6 Å². The van der Waals surface area contributed by atoms with Crippen LogP contribution in [0.1, 0.15) is 48.5 Å². The molecule has 362 valence electrons. The Balaban J connectivity index is 0.000000200. The number of nitriles is 1. The first-order valence-electron chi connectivity index (χ1n) is 19.7. The smallest absolute Gasteiger partial charge is 0.416 e. The van der Waals surface area contributed by atoms with Crippen LogP contribution in [0.25, 0.3) is 44.5 Å². The van der Waals surface area contributed by atoms with Crippen molar-refractivity contribution >= 4 is 57.0 Å². The molecular weight excluding hydrogens is 1160 g/mol. The van der Waals surface area contributed by atoms with Gasteiger partial charge in [0.1, 0.15) is 29.1 Å². The number of nitrogens with zero attached hydrogens (tertiary/aromatic N) is 1. The molecule has 0 aliphatic carbocycles. The molecule has 9 nitrogen and oxygen atoms in total. The number of alkyl halides is 9. The number of phenols is 3. The van der Waals surface area contributed by atoms with E-state index >= 15 is 0 Å². The van der Waals surface area contributed by atoms with E-state index in [1.165, 1.54) is 79.9 Å². The van der Waals surface area contributed by atoms with Gasteiger partial charge in [0.25, 0.3) is 0 Å². The normalized spacial score (nSPS) is 11.3. The van der Waals surface area contributed by atoms with Gasteiger partial charge in [-0.2, -0.15) is 44.8 Å². The number of carbonyl (C=O) groups is 2. The van der Waals surface area contributed by atoms with Crippen molar-refractivity contribution in [2.45, 2.75) is 25.5 Å². The van der Waals surface area contributed by atoms with Crippen LogP contribution in [0.4, 0.5) is 39.5 Å². The molecule has 70 heavy (non-hydrogen) atoms. The lowest BCUT2D eigenvalue weighted by Gasteiger charge is -2.20. The summed E-state index contributed by atoms with van der Waals surface area (Å²) in [6.45, 7) is 1.82. The van der Waals surface area contributed by atoms with Gasteiger partial charge in [-0.05, 0) is 170 Å².